The van der Waals surface area contributed by atoms with Gasteiger partial charge in [-0.3, -0.25) is 0 Å². The first-order chi connectivity index (χ1) is 24.6. The van der Waals surface area contributed by atoms with Gasteiger partial charge in [-0.2, -0.15) is 0 Å². The van der Waals surface area contributed by atoms with E-state index in [2.05, 4.69) is 35.6 Å². The van der Waals surface area contributed by atoms with Crippen molar-refractivity contribution in [2.45, 2.75) is 43.9 Å². The quantitative estimate of drug-likeness (QED) is 0.109. The first-order valence-electron chi connectivity index (χ1n) is 17.3. The summed E-state index contributed by atoms with van der Waals surface area (Å²) in [5.41, 5.74) is 3.13. The minimum Gasteiger partial charge on any atom is -0.496 e. The number of rotatable bonds is 21. The number of benzene rings is 4. The van der Waals surface area contributed by atoms with E-state index in [-0.39, 0.29) is 31.3 Å². The number of hydrogen-bond donors (Lipinski definition) is 2. The van der Waals surface area contributed by atoms with E-state index in [1.54, 1.807) is 21.3 Å². The number of hydrogen-bond acceptors (Lipinski definition) is 10. The summed E-state index contributed by atoms with van der Waals surface area (Å²) in [5.74, 6) is 2.35. The molecular formula is C40H51NO9. The number of fused-ring (bicyclic) bond motifs is 1. The van der Waals surface area contributed by atoms with Crippen LogP contribution in [0.3, 0.4) is 0 Å². The molecule has 270 valence electrons. The zero-order valence-electron chi connectivity index (χ0n) is 29.4. The number of nitrogens with one attached hydrogen (secondary N) is 1. The van der Waals surface area contributed by atoms with E-state index < -0.39 is 6.10 Å². The zero-order valence-corrected chi connectivity index (χ0v) is 29.4. The Hall–Kier alpha value is -3.74. The molecule has 0 spiro atoms. The molecule has 1 aliphatic heterocycles. The van der Waals surface area contributed by atoms with Crippen molar-refractivity contribution < 1.29 is 43.0 Å². The van der Waals surface area contributed by atoms with Gasteiger partial charge in [0.25, 0.3) is 0 Å². The molecule has 0 bridgehead atoms. The van der Waals surface area contributed by atoms with Gasteiger partial charge in [-0.1, -0.05) is 54.6 Å². The smallest absolute Gasteiger partial charge is 0.127 e. The van der Waals surface area contributed by atoms with E-state index in [9.17, 15) is 5.11 Å². The lowest BCUT2D eigenvalue weighted by atomic mass is 9.85. The highest BCUT2D eigenvalue weighted by molar-refractivity contribution is 5.89. The molecule has 4 aromatic carbocycles. The van der Waals surface area contributed by atoms with Crippen molar-refractivity contribution in [1.82, 2.24) is 5.32 Å². The van der Waals surface area contributed by atoms with Crippen molar-refractivity contribution in [2.24, 2.45) is 0 Å². The molecule has 0 radical (unpaired) electrons. The molecule has 5 rings (SSSR count). The van der Waals surface area contributed by atoms with Crippen molar-refractivity contribution in [2.75, 3.05) is 74.1 Å². The van der Waals surface area contributed by atoms with Crippen LogP contribution in [0, 0.1) is 0 Å². The summed E-state index contributed by atoms with van der Waals surface area (Å²) in [6.07, 6.45) is -0.420. The third-order valence-corrected chi connectivity index (χ3v) is 8.72. The van der Waals surface area contributed by atoms with Gasteiger partial charge in [-0.25, -0.2) is 0 Å². The fraction of sp³-hybridized carbons (Fsp3) is 0.450. The van der Waals surface area contributed by atoms with Crippen LogP contribution < -0.4 is 19.5 Å². The Morgan fingerprint density at radius 2 is 1.48 bits per heavy atom. The average Bonchev–Trinajstić information content (AvgIpc) is 3.16. The van der Waals surface area contributed by atoms with Crippen molar-refractivity contribution in [3.63, 3.8) is 0 Å². The fourth-order valence-electron chi connectivity index (χ4n) is 6.19. The molecule has 50 heavy (non-hydrogen) atoms. The summed E-state index contributed by atoms with van der Waals surface area (Å²) in [6.45, 7) is 4.51. The van der Waals surface area contributed by atoms with Gasteiger partial charge in [0.15, 0.2) is 0 Å². The van der Waals surface area contributed by atoms with Gasteiger partial charge in [0.1, 0.15) is 23.4 Å². The molecule has 1 heterocycles. The second-order valence-electron chi connectivity index (χ2n) is 12.3. The Morgan fingerprint density at radius 3 is 2.28 bits per heavy atom. The molecule has 1 aliphatic rings. The third-order valence-electron chi connectivity index (χ3n) is 8.72. The molecule has 0 amide bonds. The Labute approximate surface area is 295 Å². The van der Waals surface area contributed by atoms with E-state index >= 15 is 0 Å². The van der Waals surface area contributed by atoms with E-state index in [1.807, 2.05) is 54.6 Å². The minimum absolute atomic E-state index is 0.0855. The van der Waals surface area contributed by atoms with Gasteiger partial charge in [0.2, 0.25) is 0 Å². The van der Waals surface area contributed by atoms with Crippen LogP contribution in [-0.2, 0) is 36.9 Å². The predicted molar refractivity (Wildman–Crippen MR) is 192 cm³/mol. The fourth-order valence-corrected chi connectivity index (χ4v) is 6.19. The molecule has 10 heteroatoms. The molecule has 1 fully saturated rings. The first-order valence-corrected chi connectivity index (χ1v) is 17.3. The Kier molecular flexibility index (Phi) is 15.2. The van der Waals surface area contributed by atoms with Crippen molar-refractivity contribution in [1.29, 1.82) is 0 Å². The van der Waals surface area contributed by atoms with Crippen LogP contribution in [0.2, 0.25) is 0 Å². The lowest BCUT2D eigenvalue weighted by Crippen LogP contribution is -2.51. The summed E-state index contributed by atoms with van der Waals surface area (Å²) in [5, 5.41) is 16.2. The second kappa shape index (κ2) is 20.2. The predicted octanol–water partition coefficient (Wildman–Crippen LogP) is 5.52. The first kappa shape index (κ1) is 37.5. The van der Waals surface area contributed by atoms with Crippen molar-refractivity contribution in [3.05, 3.63) is 102 Å². The summed E-state index contributed by atoms with van der Waals surface area (Å²) in [4.78, 5) is 0. The van der Waals surface area contributed by atoms with E-state index in [1.165, 1.54) is 0 Å². The number of methoxy groups -OCH3 is 3. The van der Waals surface area contributed by atoms with E-state index in [0.29, 0.717) is 52.7 Å². The molecule has 0 aromatic heterocycles. The topological polar surface area (TPSA) is 106 Å². The van der Waals surface area contributed by atoms with Gasteiger partial charge in [0.05, 0.1) is 79.3 Å². The Bertz CT molecular complexity index is 1570. The van der Waals surface area contributed by atoms with Crippen molar-refractivity contribution >= 4 is 10.8 Å². The number of para-hydroxylation sites is 1. The summed E-state index contributed by atoms with van der Waals surface area (Å²) in [7, 11) is 4.98. The van der Waals surface area contributed by atoms with Crippen LogP contribution >= 0.6 is 0 Å². The SMILES string of the molecule is COCCOCC(O)CO[C@H]1CNC[C@H](OCc2cc(OC)c3ccccc3c2)C1c1ccc(OCCCOCc2ccccc2OC)cc1. The maximum atomic E-state index is 10.6. The monoisotopic (exact) mass is 689 g/mol. The van der Waals surface area contributed by atoms with Crippen LogP contribution in [0.25, 0.3) is 10.8 Å². The van der Waals surface area contributed by atoms with Gasteiger partial charge in [-0.15, -0.1) is 0 Å². The van der Waals surface area contributed by atoms with Gasteiger partial charge < -0.3 is 48.3 Å². The molecule has 0 aliphatic carbocycles. The Balaban J connectivity index is 1.20. The number of aliphatic hydroxyl groups excluding tert-OH is 1. The molecule has 2 unspecified atom stereocenters. The van der Waals surface area contributed by atoms with Crippen molar-refractivity contribution in [3.8, 4) is 17.2 Å². The highest BCUT2D eigenvalue weighted by atomic mass is 16.5. The lowest BCUT2D eigenvalue weighted by Gasteiger charge is -2.39. The maximum Gasteiger partial charge on any atom is 0.127 e. The normalized spacial score (nSPS) is 18.2. The molecule has 10 nitrogen and oxygen atoms in total. The average molecular weight is 690 g/mol. The largest absolute Gasteiger partial charge is 0.496 e. The Morgan fingerprint density at radius 1 is 0.720 bits per heavy atom. The second-order valence-corrected chi connectivity index (χ2v) is 12.3. The van der Waals surface area contributed by atoms with Gasteiger partial charge >= 0.3 is 0 Å². The van der Waals surface area contributed by atoms with Crippen LogP contribution in [0.15, 0.2) is 84.9 Å². The third kappa shape index (κ3) is 10.9. The molecular weight excluding hydrogens is 638 g/mol. The molecule has 0 saturated carbocycles. The molecule has 2 N–H and O–H groups in total. The van der Waals surface area contributed by atoms with E-state index in [0.717, 1.165) is 51.1 Å². The maximum absolute atomic E-state index is 10.6. The molecule has 1 saturated heterocycles. The van der Waals surface area contributed by atoms with Crippen LogP contribution in [0.4, 0.5) is 0 Å². The standard InChI is InChI=1S/C40H51NO9/c1-43-19-20-47-27-33(42)28-50-39-24-41-23-38(49-25-29-21-31-9-4-6-11-35(31)37(22-29)45-3)40(39)30-13-15-34(16-14-30)48-18-8-17-46-26-32-10-5-7-12-36(32)44-2/h4-7,9-16,21-22,33,38-42H,8,17-20,23-28H2,1-3H3/t33?,38-,39-,40?/m0/s1. The van der Waals surface area contributed by atoms with Crippen LogP contribution in [0.1, 0.15) is 29.0 Å². The highest BCUT2D eigenvalue weighted by Crippen LogP contribution is 2.33. The molecule has 4 aromatic rings. The number of aliphatic hydroxyl groups is 1. The van der Waals surface area contributed by atoms with E-state index in [4.69, 9.17) is 37.9 Å². The van der Waals surface area contributed by atoms with Gasteiger partial charge in [0, 0.05) is 43.5 Å². The summed E-state index contributed by atoms with van der Waals surface area (Å²) < 4.78 is 46.5. The minimum atomic E-state index is -0.756. The number of piperidine rings is 1. The van der Waals surface area contributed by atoms with Crippen LogP contribution in [0.5, 0.6) is 17.2 Å². The lowest BCUT2D eigenvalue weighted by molar-refractivity contribution is -0.0896. The summed E-state index contributed by atoms with van der Waals surface area (Å²) in [6, 6.07) is 28.4. The molecule has 4 atom stereocenters. The van der Waals surface area contributed by atoms with Crippen LogP contribution in [-0.4, -0.2) is 97.5 Å². The summed E-state index contributed by atoms with van der Waals surface area (Å²) >= 11 is 0. The zero-order chi connectivity index (χ0) is 35.0. The highest BCUT2D eigenvalue weighted by Gasteiger charge is 2.36. The van der Waals surface area contributed by atoms with Gasteiger partial charge in [-0.05, 0) is 46.8 Å². The number of ether oxygens (including phenoxy) is 8.